The molecule has 306 valence electrons. The smallest absolute Gasteiger partial charge is 0.0624 e. The Morgan fingerprint density at radius 1 is 0.627 bits per heavy atom. The SMILES string of the molecule is C/C=C\C=C/CC.C=Cc1c(/C=C\C)n(C2=CC=C(c3ccc4c(c3)c3c(n4-c4cccc(-c5ccccc5)c4)C=C=C3)CC2)c2ccccc12.CC.CC.CC.CC. The summed E-state index contributed by atoms with van der Waals surface area (Å²) in [5.74, 6) is 0. The van der Waals surface area contributed by atoms with Gasteiger partial charge in [-0.2, -0.15) is 0 Å². The van der Waals surface area contributed by atoms with E-state index in [1.165, 1.54) is 72.3 Å². The van der Waals surface area contributed by atoms with Crippen molar-refractivity contribution in [3.8, 4) is 16.8 Å². The van der Waals surface area contributed by atoms with Crippen molar-refractivity contribution >= 4 is 57.4 Å². The van der Waals surface area contributed by atoms with Crippen molar-refractivity contribution in [3.05, 3.63) is 180 Å². The van der Waals surface area contributed by atoms with Crippen LogP contribution in [0.2, 0.25) is 0 Å². The maximum atomic E-state index is 4.13. The molecule has 0 saturated carbocycles. The molecule has 0 saturated heterocycles. The number of aromatic nitrogens is 2. The van der Waals surface area contributed by atoms with Gasteiger partial charge in [-0.3, -0.25) is 0 Å². The maximum absolute atomic E-state index is 4.13. The number of fused-ring (bicyclic) bond motifs is 4. The molecule has 0 amide bonds. The summed E-state index contributed by atoms with van der Waals surface area (Å²) in [5.41, 5.74) is 18.2. The fourth-order valence-corrected chi connectivity index (χ4v) is 7.28. The van der Waals surface area contributed by atoms with E-state index < -0.39 is 0 Å². The molecule has 0 bridgehead atoms. The minimum Gasteiger partial charge on any atom is -0.313 e. The molecule has 8 rings (SSSR count). The molecule has 2 aliphatic rings. The average molecular weight is 781 g/mol. The molecule has 0 fully saturated rings. The minimum atomic E-state index is 0.969. The molecule has 6 aromatic rings. The normalized spacial score (nSPS) is 12.3. The van der Waals surface area contributed by atoms with Crippen molar-refractivity contribution in [1.29, 1.82) is 0 Å². The van der Waals surface area contributed by atoms with Gasteiger partial charge in [-0.1, -0.05) is 178 Å². The Labute approximate surface area is 357 Å². The van der Waals surface area contributed by atoms with Crippen LogP contribution in [0.25, 0.3) is 74.2 Å². The Hall–Kier alpha value is -6.08. The Morgan fingerprint density at radius 3 is 1.98 bits per heavy atom. The maximum Gasteiger partial charge on any atom is 0.0624 e. The highest BCUT2D eigenvalue weighted by Crippen LogP contribution is 2.39. The standard InChI is InChI=1S/C42H32N2.C7H12.4C2H6/c1-3-12-39-35(4-2)36-17-8-9-19-40(36)43(39)33-24-21-30(22-25-33)32-23-26-42-38(28-32)37-18-11-20-41(37)44(42)34-16-10-15-31(27-34)29-13-6-5-7-14-29;1-3-5-7-6-4-2;4*1-2/h3-10,12-21,23-24,26-28H,2,22,25H2,1H3;3,5-7H,4H2,1-2H3;4*1-2H3/b12-3-;5-3-,7-6-;;;;. The number of benzene rings is 4. The number of rotatable bonds is 8. The van der Waals surface area contributed by atoms with E-state index in [1.54, 1.807) is 0 Å². The van der Waals surface area contributed by atoms with Gasteiger partial charge in [0.15, 0.2) is 0 Å². The molecule has 0 spiro atoms. The zero-order valence-corrected chi connectivity index (χ0v) is 37.8. The lowest BCUT2D eigenvalue weighted by molar-refractivity contribution is 0.968. The second-order valence-electron chi connectivity index (χ2n) is 12.8. The number of hydrogen-bond acceptors (Lipinski definition) is 0. The summed E-state index contributed by atoms with van der Waals surface area (Å²) in [4.78, 5) is 0. The van der Waals surface area contributed by atoms with Gasteiger partial charge in [-0.25, -0.2) is 0 Å². The van der Waals surface area contributed by atoms with E-state index in [2.05, 4.69) is 181 Å². The van der Waals surface area contributed by atoms with Crippen LogP contribution in [-0.2, 0) is 0 Å². The first-order chi connectivity index (χ1) is 29.2. The molecule has 0 radical (unpaired) electrons. The summed E-state index contributed by atoms with van der Waals surface area (Å²) >= 11 is 0. The zero-order chi connectivity index (χ0) is 43.2. The van der Waals surface area contributed by atoms with Gasteiger partial charge in [-0.15, -0.1) is 5.73 Å². The first kappa shape index (κ1) is 47.3. The largest absolute Gasteiger partial charge is 0.313 e. The van der Waals surface area contributed by atoms with E-state index in [0.29, 0.717) is 0 Å². The molecule has 0 unspecified atom stereocenters. The molecule has 59 heavy (non-hydrogen) atoms. The van der Waals surface area contributed by atoms with Crippen LogP contribution in [0.3, 0.4) is 0 Å². The van der Waals surface area contributed by atoms with E-state index in [-0.39, 0.29) is 0 Å². The van der Waals surface area contributed by atoms with Crippen LogP contribution in [-0.4, -0.2) is 9.13 Å². The molecular weight excluding hydrogens is 713 g/mol. The summed E-state index contributed by atoms with van der Waals surface area (Å²) in [6.07, 6.45) is 26.5. The number of hydrogen-bond donors (Lipinski definition) is 0. The van der Waals surface area contributed by atoms with E-state index in [9.17, 15) is 0 Å². The van der Waals surface area contributed by atoms with Crippen LogP contribution in [0.1, 0.15) is 124 Å². The topological polar surface area (TPSA) is 9.86 Å². The summed E-state index contributed by atoms with van der Waals surface area (Å²) in [7, 11) is 0. The van der Waals surface area contributed by atoms with Crippen LogP contribution in [0.15, 0.2) is 152 Å². The molecule has 0 atom stereocenters. The van der Waals surface area contributed by atoms with Gasteiger partial charge < -0.3 is 9.13 Å². The fraction of sp³-hybridized carbons (Fsp3) is 0.246. The van der Waals surface area contributed by atoms with Gasteiger partial charge in [-0.05, 0) is 104 Å². The summed E-state index contributed by atoms with van der Waals surface area (Å²) < 4.78 is 4.79. The molecule has 2 heterocycles. The Bertz CT molecular complexity index is 2460. The van der Waals surface area contributed by atoms with Crippen molar-refractivity contribution in [2.24, 2.45) is 0 Å². The van der Waals surface area contributed by atoms with Crippen molar-refractivity contribution < 1.29 is 0 Å². The molecule has 2 heteroatoms. The quantitative estimate of drug-likeness (QED) is 0.107. The Kier molecular flexibility index (Phi) is 20.3. The van der Waals surface area contributed by atoms with Crippen LogP contribution >= 0.6 is 0 Å². The van der Waals surface area contributed by atoms with E-state index in [1.807, 2.05) is 80.5 Å². The van der Waals surface area contributed by atoms with Gasteiger partial charge in [0.25, 0.3) is 0 Å². The van der Waals surface area contributed by atoms with E-state index in [0.717, 1.165) is 24.9 Å². The first-order valence-electron chi connectivity index (χ1n) is 22.0. The predicted molar refractivity (Wildman–Crippen MR) is 269 cm³/mol. The third-order valence-corrected chi connectivity index (χ3v) is 9.65. The van der Waals surface area contributed by atoms with E-state index >= 15 is 0 Å². The van der Waals surface area contributed by atoms with Gasteiger partial charge in [0.1, 0.15) is 0 Å². The van der Waals surface area contributed by atoms with Gasteiger partial charge >= 0.3 is 0 Å². The van der Waals surface area contributed by atoms with Gasteiger partial charge in [0, 0.05) is 39.4 Å². The van der Waals surface area contributed by atoms with Gasteiger partial charge in [0.2, 0.25) is 0 Å². The highest BCUT2D eigenvalue weighted by Gasteiger charge is 2.21. The number of para-hydroxylation sites is 1. The Balaban J connectivity index is 0.000000547. The third-order valence-electron chi connectivity index (χ3n) is 9.65. The number of allylic oxidation sites excluding steroid dienone is 9. The molecule has 2 aromatic heterocycles. The summed E-state index contributed by atoms with van der Waals surface area (Å²) in [6, 6.07) is 35.0. The van der Waals surface area contributed by atoms with Crippen molar-refractivity contribution in [1.82, 2.24) is 9.13 Å². The highest BCUT2D eigenvalue weighted by molar-refractivity contribution is 6.00. The number of nitrogens with zero attached hydrogens (tertiary/aromatic N) is 2. The fourth-order valence-electron chi connectivity index (χ4n) is 7.28. The lowest BCUT2D eigenvalue weighted by Crippen LogP contribution is -2.03. The summed E-state index contributed by atoms with van der Waals surface area (Å²) in [6.45, 7) is 26.3. The molecule has 2 nitrogen and oxygen atoms in total. The van der Waals surface area contributed by atoms with Crippen molar-refractivity contribution in [2.45, 2.75) is 95.4 Å². The predicted octanol–water partition coefficient (Wildman–Crippen LogP) is 17.9. The van der Waals surface area contributed by atoms with E-state index in [4.69, 9.17) is 0 Å². The van der Waals surface area contributed by atoms with Crippen LogP contribution in [0.4, 0.5) is 0 Å². The van der Waals surface area contributed by atoms with Crippen LogP contribution in [0, 0.1) is 0 Å². The molecule has 0 aliphatic heterocycles. The molecule has 2 aliphatic carbocycles. The minimum absolute atomic E-state index is 0.969. The lowest BCUT2D eigenvalue weighted by Gasteiger charge is -2.19. The molecule has 0 N–H and O–H groups in total. The first-order valence-corrected chi connectivity index (χ1v) is 22.0. The van der Waals surface area contributed by atoms with Crippen LogP contribution < -0.4 is 0 Å². The van der Waals surface area contributed by atoms with Crippen LogP contribution in [0.5, 0.6) is 0 Å². The second kappa shape index (κ2) is 25.3. The Morgan fingerprint density at radius 2 is 1.32 bits per heavy atom. The zero-order valence-electron chi connectivity index (χ0n) is 37.8. The van der Waals surface area contributed by atoms with Gasteiger partial charge in [0.05, 0.1) is 22.4 Å². The molecule has 4 aromatic carbocycles. The van der Waals surface area contributed by atoms with Crippen molar-refractivity contribution in [2.75, 3.05) is 0 Å². The average Bonchev–Trinajstić information content (AvgIpc) is 4.01. The summed E-state index contributed by atoms with van der Waals surface area (Å²) in [5, 5.41) is 2.51. The lowest BCUT2D eigenvalue weighted by atomic mass is 9.94. The highest BCUT2D eigenvalue weighted by atomic mass is 15.0. The second-order valence-corrected chi connectivity index (χ2v) is 12.8. The molecular formula is C57H68N2. The third kappa shape index (κ3) is 10.9. The monoisotopic (exact) mass is 781 g/mol. The van der Waals surface area contributed by atoms with Crippen molar-refractivity contribution in [3.63, 3.8) is 0 Å².